The summed E-state index contributed by atoms with van der Waals surface area (Å²) in [6, 6.07) is 11.7. The van der Waals surface area contributed by atoms with E-state index in [4.69, 9.17) is 9.84 Å². The van der Waals surface area contributed by atoms with Gasteiger partial charge in [0.05, 0.1) is 6.42 Å². The van der Waals surface area contributed by atoms with Crippen LogP contribution in [0.5, 0.6) is 5.75 Å². The minimum atomic E-state index is -0.772. The highest BCUT2D eigenvalue weighted by molar-refractivity contribution is 5.66. The summed E-state index contributed by atoms with van der Waals surface area (Å²) in [6.07, 6.45) is 3.65. The van der Waals surface area contributed by atoms with Crippen LogP contribution in [0.2, 0.25) is 0 Å². The standard InChI is InChI=1S/C17H20N2O3/c1-19(11-8-17(20)21)12-14-2-4-16(5-3-14)22-13-15-6-9-18-10-7-15/h2-7,9-10H,8,11-13H2,1H3,(H,20,21). The maximum absolute atomic E-state index is 10.5. The van der Waals surface area contributed by atoms with Gasteiger partial charge in [-0.2, -0.15) is 0 Å². The van der Waals surface area contributed by atoms with E-state index in [0.29, 0.717) is 13.2 Å². The third-order valence-electron chi connectivity index (χ3n) is 3.24. The number of carbonyl (C=O) groups is 1. The fourth-order valence-electron chi connectivity index (χ4n) is 2.01. The second-order valence-corrected chi connectivity index (χ2v) is 5.17. The molecule has 0 saturated heterocycles. The van der Waals surface area contributed by atoms with Crippen LogP contribution in [-0.2, 0) is 17.9 Å². The summed E-state index contributed by atoms with van der Waals surface area (Å²) < 4.78 is 5.71. The molecule has 0 unspecified atom stereocenters. The lowest BCUT2D eigenvalue weighted by molar-refractivity contribution is -0.137. The Hall–Kier alpha value is -2.40. The number of pyridine rings is 1. The molecule has 5 nitrogen and oxygen atoms in total. The average molecular weight is 300 g/mol. The van der Waals surface area contributed by atoms with Gasteiger partial charge in [-0.3, -0.25) is 9.78 Å². The van der Waals surface area contributed by atoms with E-state index < -0.39 is 5.97 Å². The van der Waals surface area contributed by atoms with Crippen LogP contribution >= 0.6 is 0 Å². The molecule has 1 aromatic heterocycles. The van der Waals surface area contributed by atoms with Gasteiger partial charge in [-0.15, -0.1) is 0 Å². The smallest absolute Gasteiger partial charge is 0.304 e. The van der Waals surface area contributed by atoms with Crippen LogP contribution in [0, 0.1) is 0 Å². The Bertz CT molecular complexity index is 585. The molecule has 0 radical (unpaired) electrons. The first-order chi connectivity index (χ1) is 10.6. The zero-order valence-electron chi connectivity index (χ0n) is 12.6. The molecule has 22 heavy (non-hydrogen) atoms. The zero-order valence-corrected chi connectivity index (χ0v) is 12.6. The van der Waals surface area contributed by atoms with Crippen molar-refractivity contribution in [1.82, 2.24) is 9.88 Å². The second-order valence-electron chi connectivity index (χ2n) is 5.17. The molecule has 2 aromatic rings. The number of carboxylic acid groups (broad SMARTS) is 1. The summed E-state index contributed by atoms with van der Waals surface area (Å²) in [5.41, 5.74) is 2.21. The van der Waals surface area contributed by atoms with Crippen LogP contribution in [0.3, 0.4) is 0 Å². The number of hydrogen-bond acceptors (Lipinski definition) is 4. The van der Waals surface area contributed by atoms with Gasteiger partial charge in [0.15, 0.2) is 0 Å². The molecule has 0 spiro atoms. The van der Waals surface area contributed by atoms with Gasteiger partial charge in [-0.1, -0.05) is 12.1 Å². The first-order valence-electron chi connectivity index (χ1n) is 7.14. The molecule has 0 bridgehead atoms. The summed E-state index contributed by atoms with van der Waals surface area (Å²) in [4.78, 5) is 16.5. The Morgan fingerprint density at radius 2 is 1.82 bits per heavy atom. The lowest BCUT2D eigenvalue weighted by atomic mass is 10.2. The van der Waals surface area contributed by atoms with Crippen LogP contribution in [0.4, 0.5) is 0 Å². The molecule has 0 aliphatic heterocycles. The van der Waals surface area contributed by atoms with Crippen LogP contribution in [-0.4, -0.2) is 34.6 Å². The molecule has 0 aliphatic carbocycles. The van der Waals surface area contributed by atoms with Crippen molar-refractivity contribution in [2.75, 3.05) is 13.6 Å². The number of hydrogen-bond donors (Lipinski definition) is 1. The predicted octanol–water partition coefficient (Wildman–Crippen LogP) is 2.57. The first-order valence-corrected chi connectivity index (χ1v) is 7.14. The van der Waals surface area contributed by atoms with Crippen molar-refractivity contribution in [3.05, 3.63) is 59.9 Å². The minimum Gasteiger partial charge on any atom is -0.489 e. The third kappa shape index (κ3) is 5.54. The van der Waals surface area contributed by atoms with Crippen molar-refractivity contribution in [2.24, 2.45) is 0 Å². The summed E-state index contributed by atoms with van der Waals surface area (Å²) in [7, 11) is 1.91. The van der Waals surface area contributed by atoms with Crippen molar-refractivity contribution < 1.29 is 14.6 Å². The van der Waals surface area contributed by atoms with E-state index in [1.165, 1.54) is 0 Å². The number of nitrogens with zero attached hydrogens (tertiary/aromatic N) is 2. The van der Waals surface area contributed by atoms with E-state index in [-0.39, 0.29) is 6.42 Å². The van der Waals surface area contributed by atoms with E-state index in [0.717, 1.165) is 23.4 Å². The molecule has 116 valence electrons. The van der Waals surface area contributed by atoms with Gasteiger partial charge in [-0.05, 0) is 42.4 Å². The molecule has 0 saturated carbocycles. The highest BCUT2D eigenvalue weighted by Gasteiger charge is 2.04. The van der Waals surface area contributed by atoms with Crippen molar-refractivity contribution in [1.29, 1.82) is 0 Å². The monoisotopic (exact) mass is 300 g/mol. The summed E-state index contributed by atoms with van der Waals surface area (Å²) >= 11 is 0. The predicted molar refractivity (Wildman–Crippen MR) is 83.6 cm³/mol. The Morgan fingerprint density at radius 1 is 1.14 bits per heavy atom. The minimum absolute atomic E-state index is 0.156. The van der Waals surface area contributed by atoms with E-state index >= 15 is 0 Å². The fourth-order valence-corrected chi connectivity index (χ4v) is 2.01. The number of aliphatic carboxylic acids is 1. The molecule has 1 N–H and O–H groups in total. The molecular weight excluding hydrogens is 280 g/mol. The Morgan fingerprint density at radius 3 is 2.45 bits per heavy atom. The molecule has 1 heterocycles. The second kappa shape index (κ2) is 8.14. The number of benzene rings is 1. The lowest BCUT2D eigenvalue weighted by Gasteiger charge is -2.15. The molecule has 0 aliphatic rings. The van der Waals surface area contributed by atoms with Crippen molar-refractivity contribution in [3.63, 3.8) is 0 Å². The van der Waals surface area contributed by atoms with Gasteiger partial charge in [0.1, 0.15) is 12.4 Å². The number of carboxylic acids is 1. The SMILES string of the molecule is CN(CCC(=O)O)Cc1ccc(OCc2ccncc2)cc1. The highest BCUT2D eigenvalue weighted by Crippen LogP contribution is 2.15. The summed E-state index contributed by atoms with van der Waals surface area (Å²) in [5.74, 6) is 0.0421. The van der Waals surface area contributed by atoms with Gasteiger partial charge < -0.3 is 14.7 Å². The third-order valence-corrected chi connectivity index (χ3v) is 3.24. The number of ether oxygens (including phenoxy) is 1. The van der Waals surface area contributed by atoms with Crippen LogP contribution in [0.15, 0.2) is 48.8 Å². The normalized spacial score (nSPS) is 10.6. The molecule has 2 rings (SSSR count). The average Bonchev–Trinajstić information content (AvgIpc) is 2.53. The molecule has 1 aromatic carbocycles. The molecule has 0 fully saturated rings. The van der Waals surface area contributed by atoms with Crippen molar-refractivity contribution >= 4 is 5.97 Å². The Balaban J connectivity index is 1.81. The Labute approximate surface area is 130 Å². The van der Waals surface area contributed by atoms with Gasteiger partial charge in [0.2, 0.25) is 0 Å². The van der Waals surface area contributed by atoms with Gasteiger partial charge >= 0.3 is 5.97 Å². The Kier molecular flexibility index (Phi) is 5.91. The van der Waals surface area contributed by atoms with Crippen molar-refractivity contribution in [3.8, 4) is 5.75 Å². The van der Waals surface area contributed by atoms with Crippen LogP contribution < -0.4 is 4.74 Å². The molecule has 5 heteroatoms. The van der Waals surface area contributed by atoms with Gasteiger partial charge in [0.25, 0.3) is 0 Å². The quantitative estimate of drug-likeness (QED) is 0.812. The maximum atomic E-state index is 10.5. The van der Waals surface area contributed by atoms with Crippen molar-refractivity contribution in [2.45, 2.75) is 19.6 Å². The number of aromatic nitrogens is 1. The van der Waals surface area contributed by atoms with E-state index in [9.17, 15) is 4.79 Å². The molecule has 0 atom stereocenters. The highest BCUT2D eigenvalue weighted by atomic mass is 16.5. The number of rotatable bonds is 8. The molecular formula is C17H20N2O3. The fraction of sp³-hybridized carbons (Fsp3) is 0.294. The van der Waals surface area contributed by atoms with E-state index in [2.05, 4.69) is 4.98 Å². The maximum Gasteiger partial charge on any atom is 0.304 e. The van der Waals surface area contributed by atoms with E-state index in [1.54, 1.807) is 12.4 Å². The lowest BCUT2D eigenvalue weighted by Crippen LogP contribution is -2.21. The van der Waals surface area contributed by atoms with Crippen LogP contribution in [0.25, 0.3) is 0 Å². The first kappa shape index (κ1) is 16.0. The summed E-state index contributed by atoms with van der Waals surface area (Å²) in [6.45, 7) is 1.77. The van der Waals surface area contributed by atoms with Gasteiger partial charge in [-0.25, -0.2) is 0 Å². The van der Waals surface area contributed by atoms with Crippen LogP contribution in [0.1, 0.15) is 17.5 Å². The van der Waals surface area contributed by atoms with Gasteiger partial charge in [0, 0.05) is 25.5 Å². The molecule has 0 amide bonds. The summed E-state index contributed by atoms with van der Waals surface area (Å²) in [5, 5.41) is 8.67. The largest absolute Gasteiger partial charge is 0.489 e. The van der Waals surface area contributed by atoms with E-state index in [1.807, 2.05) is 48.3 Å². The topological polar surface area (TPSA) is 62.7 Å². The zero-order chi connectivity index (χ0) is 15.8.